The molecule has 712 valence electrons. The van der Waals surface area contributed by atoms with Crippen molar-refractivity contribution in [3.05, 3.63) is 321 Å². The van der Waals surface area contributed by atoms with Gasteiger partial charge in [-0.25, -0.2) is 0 Å². The minimum atomic E-state index is -0.435. The molecule has 4 unspecified atom stereocenters. The Bertz CT molecular complexity index is 8790. The van der Waals surface area contributed by atoms with Crippen molar-refractivity contribution < 1.29 is 0 Å². The summed E-state index contributed by atoms with van der Waals surface area (Å²) in [6.07, 6.45) is 9.27. The summed E-state index contributed by atoms with van der Waals surface area (Å²) < 4.78 is 10.9. The fourth-order valence-electron chi connectivity index (χ4n) is 30.3. The third kappa shape index (κ3) is 11.3. The zero-order valence-electron chi connectivity index (χ0n) is 88.5. The molecule has 4 atom stereocenters. The van der Waals surface area contributed by atoms with E-state index >= 15 is 0 Å². The van der Waals surface area contributed by atoms with Gasteiger partial charge in [-0.2, -0.15) is 0 Å². The van der Waals surface area contributed by atoms with E-state index in [4.69, 9.17) is 0 Å². The molecule has 0 spiro atoms. The Morgan fingerprint density at radius 2 is 0.699 bits per heavy atom. The van der Waals surface area contributed by atoms with E-state index in [0.29, 0.717) is 0 Å². The molecule has 2 fully saturated rings. The second kappa shape index (κ2) is 28.4. The third-order valence-electron chi connectivity index (χ3n) is 38.5. The highest BCUT2D eigenvalue weighted by molar-refractivity contribution is 7.26. The van der Waals surface area contributed by atoms with Crippen LogP contribution in [0.2, 0.25) is 0 Å². The lowest BCUT2D eigenvalue weighted by Gasteiger charge is -2.50. The number of anilines is 10. The van der Waals surface area contributed by atoms with Gasteiger partial charge in [0.2, 0.25) is 0 Å². The van der Waals surface area contributed by atoms with Crippen LogP contribution >= 0.6 is 22.7 Å². The molecule has 2 saturated carbocycles. The number of nitrogens with zero attached hydrogens (tertiary/aromatic N) is 6. The first-order chi connectivity index (χ1) is 67.8. The van der Waals surface area contributed by atoms with Gasteiger partial charge >= 0.3 is 0 Å². The monoisotopic (exact) mass is 1900 g/mol. The van der Waals surface area contributed by atoms with Crippen LogP contribution in [-0.4, -0.2) is 33.6 Å². The third-order valence-corrected chi connectivity index (χ3v) is 40.9. The van der Waals surface area contributed by atoms with Crippen LogP contribution in [0.15, 0.2) is 249 Å². The molecule has 4 aliphatic carbocycles. The standard InChI is InChI=1S/C133H132B2N6S2/c1-122(2,3)75-51-57-99-93(65-75)130(22)59-32-34-61-132(130,24)140(99)81-53-55-95-103(73-81)136(105-69-79(125(10,11)12)71-107-114(105)134(95)97-67-77(123(4,5)6)63-88-112-118(138(107)116(88)97)85-40-26-29-44-90(85)128(112,18)19)101-47-38-50-110-111(101)87-43-36-46-92(120(87)143-110)127(16,17)76-52-58-100-94(66-76)131(23)60-33-35-62-133(131,25)141(100)82-54-56-96-104(74-82)137(102-48-37-42-84-83-39-28-31-49-109(83)142-121(84)102)106-70-80(126(13,14)15)72-108-115(106)135(96)98-68-78(124(7,8)9)64-89-113-119(139(108)117(89)98)86-41-27-30-45-91(86)129(113,20)21/h26-31,36-58,63-74H,32-35,59-62H2,1-25H3. The molecule has 6 nitrogen and oxygen atoms in total. The van der Waals surface area contributed by atoms with Crippen LogP contribution in [0.1, 0.15) is 297 Å². The van der Waals surface area contributed by atoms with Crippen LogP contribution in [0.5, 0.6) is 0 Å². The Hall–Kier alpha value is -12.1. The van der Waals surface area contributed by atoms with Gasteiger partial charge in [-0.1, -0.05) is 337 Å². The van der Waals surface area contributed by atoms with Crippen molar-refractivity contribution >= 4 is 188 Å². The van der Waals surface area contributed by atoms with E-state index in [0.717, 1.165) is 25.7 Å². The molecular formula is C133H132B2N6S2. The second-order valence-electron chi connectivity index (χ2n) is 52.6. The Balaban J connectivity index is 0.637. The maximum Gasteiger partial charge on any atom is 0.252 e. The molecule has 0 radical (unpaired) electrons. The first-order valence-electron chi connectivity index (χ1n) is 53.5. The van der Waals surface area contributed by atoms with Crippen LogP contribution in [0, 0.1) is 0 Å². The molecule has 0 saturated heterocycles. The number of hydrogen-bond donors (Lipinski definition) is 0. The Labute approximate surface area is 854 Å². The van der Waals surface area contributed by atoms with Crippen molar-refractivity contribution in [2.24, 2.45) is 0 Å². The lowest BCUT2D eigenvalue weighted by Crippen LogP contribution is -2.61. The maximum absolute atomic E-state index is 2.89. The largest absolute Gasteiger partial charge is 0.334 e. The van der Waals surface area contributed by atoms with Gasteiger partial charge in [0, 0.05) is 153 Å². The van der Waals surface area contributed by atoms with Crippen LogP contribution in [0.25, 0.3) is 96.0 Å². The highest BCUT2D eigenvalue weighted by Crippen LogP contribution is 2.67. The van der Waals surface area contributed by atoms with Crippen molar-refractivity contribution in [3.63, 3.8) is 0 Å². The number of rotatable bonds is 6. The zero-order valence-corrected chi connectivity index (χ0v) is 90.1. The average Bonchev–Trinajstić information content (AvgIpc) is 1.50. The average molecular weight is 1900 g/mol. The lowest BCUT2D eigenvalue weighted by atomic mass is 9.33. The molecule has 143 heavy (non-hydrogen) atoms. The minimum Gasteiger partial charge on any atom is -0.334 e. The maximum atomic E-state index is 2.89. The predicted molar refractivity (Wildman–Crippen MR) is 617 cm³/mol. The first-order valence-corrected chi connectivity index (χ1v) is 55.2. The molecule has 10 aliphatic rings. The van der Waals surface area contributed by atoms with Gasteiger partial charge < -0.3 is 28.7 Å². The van der Waals surface area contributed by atoms with Crippen molar-refractivity contribution in [1.29, 1.82) is 0 Å². The minimum absolute atomic E-state index is 0.00740. The number of aromatic nitrogens is 2. The normalized spacial score (nSPS) is 20.7. The molecule has 0 bridgehead atoms. The van der Waals surface area contributed by atoms with E-state index < -0.39 is 5.41 Å². The smallest absolute Gasteiger partial charge is 0.252 e. The van der Waals surface area contributed by atoms with Gasteiger partial charge in [-0.05, 0) is 269 Å². The molecule has 18 aromatic rings. The summed E-state index contributed by atoms with van der Waals surface area (Å²) in [4.78, 5) is 11.4. The van der Waals surface area contributed by atoms with Gasteiger partial charge in [0.25, 0.3) is 13.4 Å². The number of hydrogen-bond acceptors (Lipinski definition) is 6. The fourth-order valence-corrected chi connectivity index (χ4v) is 32.9. The predicted octanol–water partition coefficient (Wildman–Crippen LogP) is 32.4. The summed E-state index contributed by atoms with van der Waals surface area (Å²) in [6, 6.07) is 102. The van der Waals surface area contributed by atoms with E-state index in [-0.39, 0.29) is 73.2 Å². The van der Waals surface area contributed by atoms with Crippen LogP contribution in [0.3, 0.4) is 0 Å². The molecule has 10 heteroatoms. The molecule has 0 amide bonds. The van der Waals surface area contributed by atoms with Crippen LogP contribution in [-0.2, 0) is 54.1 Å². The second-order valence-corrected chi connectivity index (χ2v) is 54.7. The Kier molecular flexibility index (Phi) is 17.6. The fraction of sp³-hybridized carbons (Fsp3) is 0.338. The van der Waals surface area contributed by atoms with E-state index in [1.54, 1.807) is 0 Å². The molecule has 28 rings (SSSR count). The Morgan fingerprint density at radius 1 is 0.287 bits per heavy atom. The summed E-state index contributed by atoms with van der Waals surface area (Å²) in [6.45, 7) is 62.0. The van der Waals surface area contributed by atoms with Crippen LogP contribution < -0.4 is 52.4 Å². The van der Waals surface area contributed by atoms with Gasteiger partial charge in [-0.15, -0.1) is 22.7 Å². The lowest BCUT2D eigenvalue weighted by molar-refractivity contribution is 0.195. The van der Waals surface area contributed by atoms with Crippen molar-refractivity contribution in [1.82, 2.24) is 9.13 Å². The summed E-state index contributed by atoms with van der Waals surface area (Å²) >= 11 is 3.96. The summed E-state index contributed by atoms with van der Waals surface area (Å²) in [5.74, 6) is 0. The number of thiophene rings is 2. The van der Waals surface area contributed by atoms with E-state index in [1.165, 1.54) is 284 Å². The SMILES string of the molecule is CC(C)(C)c1cc2c3c(c1)-n1c4c(c5cc(C(C)(C)C)cc(c51)B3c1ccc(N3c5ccc(C(C)(C)c6cccc7c6sc6cccc(N8c9cc(N%10c%11ccc(C(C)(C)C)cc%11C%11(C)CCCCC%10%11C)ccc9B9c%10c8cc(C(C)(C)C)cc%10-n8c%10c(c%11cc(C(C)(C)C)cc9c%118)C(C)(C)c8ccccc8-%10)c67)cc5C5(C)CCCCC35C)cc1N2c1cccc2c1sc1ccccc12)C(C)(C)c1ccccc1-4. The van der Waals surface area contributed by atoms with Crippen molar-refractivity contribution in [2.75, 3.05) is 19.6 Å². The molecule has 0 N–H and O–H groups in total. The van der Waals surface area contributed by atoms with Gasteiger partial charge in [-0.3, -0.25) is 0 Å². The molecule has 14 aromatic carbocycles. The first kappa shape index (κ1) is 88.6. The van der Waals surface area contributed by atoms with Crippen molar-refractivity contribution in [2.45, 2.75) is 290 Å². The van der Waals surface area contributed by atoms with E-state index in [2.05, 4.69) is 451 Å². The van der Waals surface area contributed by atoms with Gasteiger partial charge in [0.05, 0.1) is 38.5 Å². The highest BCUT2D eigenvalue weighted by atomic mass is 32.1. The topological polar surface area (TPSA) is 22.8 Å². The van der Waals surface area contributed by atoms with Gasteiger partial charge in [0.1, 0.15) is 0 Å². The number of fused-ring (bicyclic) bond motifs is 30. The van der Waals surface area contributed by atoms with Crippen LogP contribution in [0.4, 0.5) is 56.9 Å². The van der Waals surface area contributed by atoms with E-state index in [1.807, 2.05) is 22.7 Å². The zero-order chi connectivity index (χ0) is 98.8. The summed E-state index contributed by atoms with van der Waals surface area (Å²) in [7, 11) is 0. The highest BCUT2D eigenvalue weighted by Gasteiger charge is 2.62. The molecule has 4 aromatic heterocycles. The quantitative estimate of drug-likeness (QED) is 0.155. The summed E-state index contributed by atoms with van der Waals surface area (Å²) in [5, 5.41) is 8.04. The molecule has 10 heterocycles. The number of benzene rings is 14. The van der Waals surface area contributed by atoms with E-state index in [9.17, 15) is 0 Å². The van der Waals surface area contributed by atoms with Gasteiger partial charge in [0.15, 0.2) is 0 Å². The Morgan fingerprint density at radius 3 is 1.22 bits per heavy atom. The molecular weight excluding hydrogens is 1770 g/mol. The molecule has 6 aliphatic heterocycles. The summed E-state index contributed by atoms with van der Waals surface area (Å²) in [5.41, 5.74) is 48.0. The van der Waals surface area contributed by atoms with Crippen molar-refractivity contribution in [3.8, 4) is 33.9 Å².